The van der Waals surface area contributed by atoms with Crippen molar-refractivity contribution in [1.29, 1.82) is 0 Å². The molecule has 0 saturated carbocycles. The van der Waals surface area contributed by atoms with Crippen LogP contribution < -0.4 is 0 Å². The predicted molar refractivity (Wildman–Crippen MR) is 74.0 cm³/mol. The number of carbonyl (C=O) groups is 1. The summed E-state index contributed by atoms with van der Waals surface area (Å²) in [5.74, 6) is 0.365. The highest BCUT2D eigenvalue weighted by Gasteiger charge is 2.17. The molecule has 2 aromatic rings. The van der Waals surface area contributed by atoms with E-state index in [1.165, 1.54) is 22.9 Å². The molecule has 0 saturated heterocycles. The molecule has 0 amide bonds. The Bertz CT molecular complexity index is 529. The van der Waals surface area contributed by atoms with E-state index < -0.39 is 0 Å². The van der Waals surface area contributed by atoms with Gasteiger partial charge in [0, 0.05) is 0 Å². The molecule has 1 aromatic carbocycles. The zero-order valence-corrected chi connectivity index (χ0v) is 11.6. The number of rotatable bonds is 4. The van der Waals surface area contributed by atoms with Crippen molar-refractivity contribution in [3.8, 4) is 0 Å². The quantitative estimate of drug-likeness (QED) is 0.846. The second-order valence-electron chi connectivity index (χ2n) is 5.24. The Hall–Kier alpha value is -1.97. The van der Waals surface area contributed by atoms with Gasteiger partial charge in [-0.15, -0.1) is 0 Å². The third kappa shape index (κ3) is 3.28. The van der Waals surface area contributed by atoms with Crippen molar-refractivity contribution < 1.29 is 4.79 Å². The SMILES string of the molecule is CC(C)Cc1ccc(C(C)C(=O)n2cncn2)cc1. The fourth-order valence-corrected chi connectivity index (χ4v) is 2.08. The van der Waals surface area contributed by atoms with Crippen LogP contribution in [0.1, 0.15) is 42.6 Å². The monoisotopic (exact) mass is 257 g/mol. The number of benzene rings is 1. The Kier molecular flexibility index (Phi) is 4.10. The van der Waals surface area contributed by atoms with Crippen molar-refractivity contribution in [1.82, 2.24) is 14.8 Å². The van der Waals surface area contributed by atoms with E-state index in [4.69, 9.17) is 0 Å². The van der Waals surface area contributed by atoms with Gasteiger partial charge in [-0.2, -0.15) is 9.78 Å². The van der Waals surface area contributed by atoms with Crippen molar-refractivity contribution in [2.75, 3.05) is 0 Å². The fourth-order valence-electron chi connectivity index (χ4n) is 2.08. The summed E-state index contributed by atoms with van der Waals surface area (Å²) in [6, 6.07) is 8.25. The summed E-state index contributed by atoms with van der Waals surface area (Å²) in [6.45, 7) is 6.29. The molecule has 1 aromatic heterocycles. The lowest BCUT2D eigenvalue weighted by molar-refractivity contribution is 0.0868. The first-order valence-electron chi connectivity index (χ1n) is 6.55. The topological polar surface area (TPSA) is 47.8 Å². The van der Waals surface area contributed by atoms with Crippen LogP contribution in [0.15, 0.2) is 36.9 Å². The number of hydrogen-bond donors (Lipinski definition) is 0. The van der Waals surface area contributed by atoms with Crippen molar-refractivity contribution in [3.63, 3.8) is 0 Å². The van der Waals surface area contributed by atoms with Gasteiger partial charge < -0.3 is 0 Å². The molecule has 0 aliphatic carbocycles. The maximum Gasteiger partial charge on any atom is 0.255 e. The van der Waals surface area contributed by atoms with E-state index in [2.05, 4.69) is 36.1 Å². The standard InChI is InChI=1S/C15H19N3O/c1-11(2)8-13-4-6-14(7-5-13)12(3)15(19)18-10-16-9-17-18/h4-7,9-12H,8H2,1-3H3. The molecule has 0 N–H and O–H groups in total. The molecule has 0 bridgehead atoms. The number of nitrogens with zero attached hydrogens (tertiary/aromatic N) is 3. The molecule has 0 radical (unpaired) electrons. The van der Waals surface area contributed by atoms with Gasteiger partial charge >= 0.3 is 0 Å². The Morgan fingerprint density at radius 1 is 1.21 bits per heavy atom. The van der Waals surface area contributed by atoms with Gasteiger partial charge in [-0.05, 0) is 30.4 Å². The molecule has 100 valence electrons. The van der Waals surface area contributed by atoms with Crippen LogP contribution in [0.4, 0.5) is 0 Å². The first kappa shape index (κ1) is 13.5. The summed E-state index contributed by atoms with van der Waals surface area (Å²) in [7, 11) is 0. The van der Waals surface area contributed by atoms with E-state index in [1.54, 1.807) is 0 Å². The summed E-state index contributed by atoms with van der Waals surface area (Å²) in [4.78, 5) is 15.9. The van der Waals surface area contributed by atoms with Gasteiger partial charge in [-0.1, -0.05) is 38.1 Å². The van der Waals surface area contributed by atoms with Crippen molar-refractivity contribution in [3.05, 3.63) is 48.0 Å². The average Bonchev–Trinajstić information content (AvgIpc) is 2.91. The third-order valence-electron chi connectivity index (χ3n) is 3.14. The maximum absolute atomic E-state index is 12.1. The Morgan fingerprint density at radius 3 is 2.42 bits per heavy atom. The molecule has 4 heteroatoms. The highest BCUT2D eigenvalue weighted by molar-refractivity contribution is 5.84. The Balaban J connectivity index is 2.11. The smallest absolute Gasteiger partial charge is 0.255 e. The van der Waals surface area contributed by atoms with E-state index >= 15 is 0 Å². The summed E-state index contributed by atoms with van der Waals surface area (Å²) in [6.07, 6.45) is 3.87. The van der Waals surface area contributed by atoms with E-state index in [1.807, 2.05) is 19.1 Å². The van der Waals surface area contributed by atoms with Crippen molar-refractivity contribution >= 4 is 5.91 Å². The average molecular weight is 257 g/mol. The third-order valence-corrected chi connectivity index (χ3v) is 3.14. The molecule has 1 atom stereocenters. The lowest BCUT2D eigenvalue weighted by atomic mass is 9.96. The number of carbonyl (C=O) groups excluding carboxylic acids is 1. The van der Waals surface area contributed by atoms with Crippen LogP contribution in [-0.2, 0) is 6.42 Å². The first-order valence-corrected chi connectivity index (χ1v) is 6.55. The van der Waals surface area contributed by atoms with Gasteiger partial charge in [0.1, 0.15) is 12.7 Å². The second kappa shape index (κ2) is 5.78. The largest absolute Gasteiger partial charge is 0.272 e. The molecule has 0 spiro atoms. The summed E-state index contributed by atoms with van der Waals surface area (Å²) in [5.41, 5.74) is 2.31. The van der Waals surface area contributed by atoms with Gasteiger partial charge in [0.05, 0.1) is 5.92 Å². The van der Waals surface area contributed by atoms with Gasteiger partial charge in [-0.3, -0.25) is 4.79 Å². The predicted octanol–water partition coefficient (Wildman–Crippen LogP) is 2.92. The minimum atomic E-state index is -0.213. The van der Waals surface area contributed by atoms with Crippen LogP contribution in [0.25, 0.3) is 0 Å². The van der Waals surface area contributed by atoms with Crippen LogP contribution in [0, 0.1) is 5.92 Å². The molecule has 2 rings (SSSR count). The van der Waals surface area contributed by atoms with Gasteiger partial charge in [0.2, 0.25) is 0 Å². The van der Waals surface area contributed by atoms with Crippen LogP contribution >= 0.6 is 0 Å². The Morgan fingerprint density at radius 2 is 1.89 bits per heavy atom. The van der Waals surface area contributed by atoms with E-state index in [-0.39, 0.29) is 11.8 Å². The van der Waals surface area contributed by atoms with Crippen LogP contribution in [0.5, 0.6) is 0 Å². The van der Waals surface area contributed by atoms with Gasteiger partial charge in [-0.25, -0.2) is 4.98 Å². The molecule has 1 heterocycles. The molecule has 4 nitrogen and oxygen atoms in total. The first-order chi connectivity index (χ1) is 9.08. The zero-order valence-electron chi connectivity index (χ0n) is 11.6. The lowest BCUT2D eigenvalue weighted by Gasteiger charge is -2.11. The van der Waals surface area contributed by atoms with E-state index in [9.17, 15) is 4.79 Å². The molecule has 1 unspecified atom stereocenters. The van der Waals surface area contributed by atoms with E-state index in [0.29, 0.717) is 5.92 Å². The van der Waals surface area contributed by atoms with Crippen molar-refractivity contribution in [2.45, 2.75) is 33.1 Å². The second-order valence-corrected chi connectivity index (χ2v) is 5.24. The Labute approximate surface area is 113 Å². The number of hydrogen-bond acceptors (Lipinski definition) is 3. The zero-order chi connectivity index (χ0) is 13.8. The van der Waals surface area contributed by atoms with E-state index in [0.717, 1.165) is 12.0 Å². The van der Waals surface area contributed by atoms with Gasteiger partial charge in [0.15, 0.2) is 0 Å². The minimum absolute atomic E-state index is 0.0610. The molecular weight excluding hydrogens is 238 g/mol. The normalized spacial score (nSPS) is 12.6. The highest BCUT2D eigenvalue weighted by atomic mass is 16.2. The maximum atomic E-state index is 12.1. The fraction of sp³-hybridized carbons (Fsp3) is 0.400. The molecule has 0 fully saturated rings. The molecule has 0 aliphatic heterocycles. The van der Waals surface area contributed by atoms with Crippen LogP contribution in [0.2, 0.25) is 0 Å². The summed E-state index contributed by atoms with van der Waals surface area (Å²) >= 11 is 0. The minimum Gasteiger partial charge on any atom is -0.272 e. The van der Waals surface area contributed by atoms with Crippen LogP contribution in [0.3, 0.4) is 0 Å². The summed E-state index contributed by atoms with van der Waals surface area (Å²) in [5, 5.41) is 3.88. The molecule has 0 aliphatic rings. The molecule has 19 heavy (non-hydrogen) atoms. The highest BCUT2D eigenvalue weighted by Crippen LogP contribution is 2.18. The summed E-state index contributed by atoms with van der Waals surface area (Å²) < 4.78 is 1.28. The number of aromatic nitrogens is 3. The lowest BCUT2D eigenvalue weighted by Crippen LogP contribution is -2.18. The van der Waals surface area contributed by atoms with Gasteiger partial charge in [0.25, 0.3) is 5.91 Å². The van der Waals surface area contributed by atoms with Crippen LogP contribution in [-0.4, -0.2) is 20.7 Å². The molecular formula is C15H19N3O. The van der Waals surface area contributed by atoms with Crippen molar-refractivity contribution in [2.24, 2.45) is 5.92 Å².